The lowest BCUT2D eigenvalue weighted by atomic mass is 10.1. The summed E-state index contributed by atoms with van der Waals surface area (Å²) >= 11 is 0. The maximum Gasteiger partial charge on any atom is 0.242 e. The molecule has 2 aromatic rings. The number of methoxy groups -OCH3 is 1. The van der Waals surface area contributed by atoms with Crippen molar-refractivity contribution in [2.24, 2.45) is 0 Å². The first-order valence-electron chi connectivity index (χ1n) is 10.5. The Kier molecular flexibility index (Phi) is 9.71. The molecule has 0 heterocycles. The van der Waals surface area contributed by atoms with Crippen molar-refractivity contribution in [2.45, 2.75) is 45.7 Å². The monoisotopic (exact) mass is 412 g/mol. The number of carbonyl (C=O) groups excluding carboxylic acids is 2. The van der Waals surface area contributed by atoms with Gasteiger partial charge in [-0.15, -0.1) is 0 Å². The maximum atomic E-state index is 13.1. The summed E-state index contributed by atoms with van der Waals surface area (Å²) in [5, 5.41) is 2.85. The molecule has 0 aliphatic rings. The van der Waals surface area contributed by atoms with Crippen molar-refractivity contribution in [2.75, 3.05) is 20.3 Å². The normalized spacial score (nSPS) is 11.4. The predicted molar refractivity (Wildman–Crippen MR) is 117 cm³/mol. The topological polar surface area (TPSA) is 67.9 Å². The molecule has 0 bridgehead atoms. The second-order valence-corrected chi connectivity index (χ2v) is 6.95. The summed E-state index contributed by atoms with van der Waals surface area (Å²) in [5.74, 6) is 1.36. The molecule has 0 spiro atoms. The highest BCUT2D eigenvalue weighted by Gasteiger charge is 2.28. The van der Waals surface area contributed by atoms with Gasteiger partial charge in [-0.2, -0.15) is 0 Å². The summed E-state index contributed by atoms with van der Waals surface area (Å²) in [6.45, 7) is 5.15. The van der Waals surface area contributed by atoms with E-state index in [1.807, 2.05) is 68.4 Å². The number of amides is 2. The zero-order valence-corrected chi connectivity index (χ0v) is 18.1. The summed E-state index contributed by atoms with van der Waals surface area (Å²) in [5.41, 5.74) is 0.951. The van der Waals surface area contributed by atoms with Crippen molar-refractivity contribution in [1.29, 1.82) is 0 Å². The molecule has 2 rings (SSSR count). The van der Waals surface area contributed by atoms with Crippen molar-refractivity contribution in [3.63, 3.8) is 0 Å². The first-order valence-corrected chi connectivity index (χ1v) is 10.5. The minimum absolute atomic E-state index is 0.0550. The van der Waals surface area contributed by atoms with Crippen LogP contribution >= 0.6 is 0 Å². The van der Waals surface area contributed by atoms with Gasteiger partial charge in [-0.05, 0) is 49.6 Å². The lowest BCUT2D eigenvalue weighted by Crippen LogP contribution is -2.49. The number of benzene rings is 2. The molecule has 6 heteroatoms. The largest absolute Gasteiger partial charge is 0.497 e. The van der Waals surface area contributed by atoms with Crippen LogP contribution in [0.3, 0.4) is 0 Å². The van der Waals surface area contributed by atoms with E-state index >= 15 is 0 Å². The van der Waals surface area contributed by atoms with E-state index in [0.29, 0.717) is 39.0 Å². The van der Waals surface area contributed by atoms with Crippen molar-refractivity contribution in [3.8, 4) is 11.5 Å². The molecule has 2 amide bonds. The van der Waals surface area contributed by atoms with Gasteiger partial charge in [0.05, 0.1) is 13.7 Å². The third-order valence-corrected chi connectivity index (χ3v) is 4.80. The minimum atomic E-state index is -0.505. The number of nitrogens with one attached hydrogen (secondary N) is 1. The van der Waals surface area contributed by atoms with Crippen molar-refractivity contribution in [1.82, 2.24) is 10.2 Å². The Bertz CT molecular complexity index is 778. The van der Waals surface area contributed by atoms with Crippen molar-refractivity contribution in [3.05, 3.63) is 60.2 Å². The van der Waals surface area contributed by atoms with Crippen LogP contribution in [0.5, 0.6) is 11.5 Å². The van der Waals surface area contributed by atoms with E-state index in [-0.39, 0.29) is 11.8 Å². The highest BCUT2D eigenvalue weighted by molar-refractivity contribution is 5.87. The summed E-state index contributed by atoms with van der Waals surface area (Å²) in [6, 6.07) is 16.6. The smallest absolute Gasteiger partial charge is 0.242 e. The second kappa shape index (κ2) is 12.5. The molecule has 30 heavy (non-hydrogen) atoms. The van der Waals surface area contributed by atoms with E-state index in [0.717, 1.165) is 17.1 Å². The third-order valence-electron chi connectivity index (χ3n) is 4.80. The molecule has 6 nitrogen and oxygen atoms in total. The summed E-state index contributed by atoms with van der Waals surface area (Å²) in [7, 11) is 1.62. The fourth-order valence-corrected chi connectivity index (χ4v) is 3.21. The van der Waals surface area contributed by atoms with Crippen LogP contribution < -0.4 is 14.8 Å². The van der Waals surface area contributed by atoms with Crippen LogP contribution in [0.4, 0.5) is 0 Å². The van der Waals surface area contributed by atoms with Crippen LogP contribution in [0.1, 0.15) is 38.7 Å². The Morgan fingerprint density at radius 3 is 2.30 bits per heavy atom. The Labute approximate surface area is 179 Å². The van der Waals surface area contributed by atoms with Crippen LogP contribution in [0.25, 0.3) is 0 Å². The summed E-state index contributed by atoms with van der Waals surface area (Å²) in [4.78, 5) is 27.3. The van der Waals surface area contributed by atoms with Gasteiger partial charge in [-0.25, -0.2) is 0 Å². The quantitative estimate of drug-likeness (QED) is 0.539. The van der Waals surface area contributed by atoms with E-state index in [1.54, 1.807) is 12.0 Å². The van der Waals surface area contributed by atoms with Gasteiger partial charge in [0.15, 0.2) is 0 Å². The van der Waals surface area contributed by atoms with E-state index in [2.05, 4.69) is 5.32 Å². The SMILES string of the molecule is CCNC(=O)[C@@H](CC)N(Cc1ccc(OC)cc1)C(=O)CCCOc1ccccc1. The van der Waals surface area contributed by atoms with E-state index in [4.69, 9.17) is 9.47 Å². The molecule has 0 saturated heterocycles. The Balaban J connectivity index is 2.04. The number of hydrogen-bond donors (Lipinski definition) is 1. The third kappa shape index (κ3) is 7.10. The highest BCUT2D eigenvalue weighted by atomic mass is 16.5. The first-order chi connectivity index (χ1) is 14.6. The van der Waals surface area contributed by atoms with Crippen LogP contribution in [-0.4, -0.2) is 43.0 Å². The number of ether oxygens (including phenoxy) is 2. The molecule has 0 fully saturated rings. The lowest BCUT2D eigenvalue weighted by Gasteiger charge is -2.30. The van der Waals surface area contributed by atoms with Gasteiger partial charge in [0.1, 0.15) is 17.5 Å². The van der Waals surface area contributed by atoms with Gasteiger partial charge in [0.25, 0.3) is 0 Å². The number of para-hydroxylation sites is 1. The fraction of sp³-hybridized carbons (Fsp3) is 0.417. The van der Waals surface area contributed by atoms with E-state index in [9.17, 15) is 9.59 Å². The zero-order valence-electron chi connectivity index (χ0n) is 18.1. The number of rotatable bonds is 12. The molecule has 162 valence electrons. The lowest BCUT2D eigenvalue weighted by molar-refractivity contribution is -0.141. The molecule has 0 radical (unpaired) electrons. The van der Waals surface area contributed by atoms with Crippen LogP contribution in [-0.2, 0) is 16.1 Å². The highest BCUT2D eigenvalue weighted by Crippen LogP contribution is 2.17. The van der Waals surface area contributed by atoms with Gasteiger partial charge in [-0.3, -0.25) is 9.59 Å². The van der Waals surface area contributed by atoms with Gasteiger partial charge < -0.3 is 19.7 Å². The average molecular weight is 413 g/mol. The van der Waals surface area contributed by atoms with Gasteiger partial charge in [-0.1, -0.05) is 37.3 Å². The predicted octanol–water partition coefficient (Wildman–Crippen LogP) is 3.80. The van der Waals surface area contributed by atoms with E-state index in [1.165, 1.54) is 0 Å². The zero-order chi connectivity index (χ0) is 21.8. The summed E-state index contributed by atoms with van der Waals surface area (Å²) in [6.07, 6.45) is 1.45. The molecule has 1 N–H and O–H groups in total. The average Bonchev–Trinajstić information content (AvgIpc) is 2.77. The van der Waals surface area contributed by atoms with Gasteiger partial charge in [0, 0.05) is 19.5 Å². The van der Waals surface area contributed by atoms with Crippen LogP contribution in [0, 0.1) is 0 Å². The Morgan fingerprint density at radius 2 is 1.70 bits per heavy atom. The standard InChI is InChI=1S/C24H32N2O4/c1-4-22(24(28)25-5-2)26(18-19-13-15-20(29-3)16-14-19)23(27)12-9-17-30-21-10-7-6-8-11-21/h6-8,10-11,13-16,22H,4-5,9,12,17-18H2,1-3H3,(H,25,28)/t22-/m1/s1. The molecule has 0 saturated carbocycles. The first kappa shape index (κ1) is 23.3. The van der Waals surface area contributed by atoms with E-state index < -0.39 is 6.04 Å². The maximum absolute atomic E-state index is 13.1. The Hall–Kier alpha value is -3.02. The molecule has 0 aromatic heterocycles. The minimum Gasteiger partial charge on any atom is -0.497 e. The van der Waals surface area contributed by atoms with Crippen molar-refractivity contribution < 1.29 is 19.1 Å². The van der Waals surface area contributed by atoms with Gasteiger partial charge >= 0.3 is 0 Å². The Morgan fingerprint density at radius 1 is 1.00 bits per heavy atom. The molecule has 0 aliphatic carbocycles. The molecular formula is C24H32N2O4. The molecule has 0 aliphatic heterocycles. The number of carbonyl (C=O) groups is 2. The molecular weight excluding hydrogens is 380 g/mol. The molecule has 0 unspecified atom stereocenters. The van der Waals surface area contributed by atoms with Crippen LogP contribution in [0.2, 0.25) is 0 Å². The number of nitrogens with zero attached hydrogens (tertiary/aromatic N) is 1. The summed E-state index contributed by atoms with van der Waals surface area (Å²) < 4.78 is 10.9. The van der Waals surface area contributed by atoms with Gasteiger partial charge in [0.2, 0.25) is 11.8 Å². The second-order valence-electron chi connectivity index (χ2n) is 6.95. The number of hydrogen-bond acceptors (Lipinski definition) is 4. The molecule has 2 aromatic carbocycles. The number of likely N-dealkylation sites (N-methyl/N-ethyl adjacent to an activating group) is 1. The fourth-order valence-electron chi connectivity index (χ4n) is 3.21. The van der Waals surface area contributed by atoms with Crippen molar-refractivity contribution >= 4 is 11.8 Å². The van der Waals surface area contributed by atoms with Crippen LogP contribution in [0.15, 0.2) is 54.6 Å². The molecule has 1 atom stereocenters.